The predicted octanol–water partition coefficient (Wildman–Crippen LogP) is 2.56. The summed E-state index contributed by atoms with van der Waals surface area (Å²) in [5, 5.41) is 9.41. The molecule has 21 heavy (non-hydrogen) atoms. The molecule has 2 amide bonds. The zero-order valence-corrected chi connectivity index (χ0v) is 12.8. The van der Waals surface area contributed by atoms with Gasteiger partial charge in [-0.25, -0.2) is 9.59 Å². The molecule has 0 aromatic heterocycles. The molecular weight excluding hydrogens is 268 g/mol. The van der Waals surface area contributed by atoms with Crippen LogP contribution in [0.25, 0.3) is 0 Å². The molecule has 1 aliphatic carbocycles. The van der Waals surface area contributed by atoms with Crippen molar-refractivity contribution in [1.82, 2.24) is 9.80 Å². The van der Waals surface area contributed by atoms with Crippen LogP contribution in [0.2, 0.25) is 0 Å². The summed E-state index contributed by atoms with van der Waals surface area (Å²) in [5.41, 5.74) is 0. The lowest BCUT2D eigenvalue weighted by molar-refractivity contribution is -0.142. The largest absolute Gasteiger partial charge is 0.480 e. The minimum absolute atomic E-state index is 0.0267. The van der Waals surface area contributed by atoms with Crippen molar-refractivity contribution in [2.75, 3.05) is 13.1 Å². The maximum atomic E-state index is 12.9. The van der Waals surface area contributed by atoms with Gasteiger partial charge in [0.05, 0.1) is 0 Å². The van der Waals surface area contributed by atoms with Crippen LogP contribution in [0.4, 0.5) is 4.79 Å². The van der Waals surface area contributed by atoms with Gasteiger partial charge in [-0.15, -0.1) is 0 Å². The zero-order chi connectivity index (χ0) is 15.0. The van der Waals surface area contributed by atoms with Gasteiger partial charge in [0.2, 0.25) is 0 Å². The molecule has 3 rings (SSSR count). The van der Waals surface area contributed by atoms with Crippen LogP contribution in [0.5, 0.6) is 0 Å². The number of hydrogen-bond donors (Lipinski definition) is 1. The predicted molar refractivity (Wildman–Crippen MR) is 79.0 cm³/mol. The summed E-state index contributed by atoms with van der Waals surface area (Å²) in [6, 6.07) is -0.311. The van der Waals surface area contributed by atoms with Crippen molar-refractivity contribution < 1.29 is 14.7 Å². The highest BCUT2D eigenvalue weighted by molar-refractivity contribution is 5.84. The quantitative estimate of drug-likeness (QED) is 0.851. The molecule has 0 bridgehead atoms. The molecule has 2 saturated heterocycles. The van der Waals surface area contributed by atoms with Gasteiger partial charge in [0.1, 0.15) is 6.04 Å². The summed E-state index contributed by atoms with van der Waals surface area (Å²) in [4.78, 5) is 27.9. The Morgan fingerprint density at radius 2 is 1.67 bits per heavy atom. The highest BCUT2D eigenvalue weighted by Gasteiger charge is 2.44. The first kappa shape index (κ1) is 14.7. The first-order valence-electron chi connectivity index (χ1n) is 8.39. The van der Waals surface area contributed by atoms with Gasteiger partial charge in [-0.1, -0.05) is 19.8 Å². The molecule has 3 atom stereocenters. The van der Waals surface area contributed by atoms with Gasteiger partial charge in [-0.05, 0) is 43.9 Å². The fourth-order valence-corrected chi connectivity index (χ4v) is 4.57. The number of carboxylic acids is 1. The Morgan fingerprint density at radius 1 is 0.952 bits per heavy atom. The van der Waals surface area contributed by atoms with Crippen molar-refractivity contribution >= 4 is 12.0 Å². The number of carboxylic acid groups (broad SMARTS) is 1. The molecule has 0 aromatic carbocycles. The minimum atomic E-state index is -0.857. The normalized spacial score (nSPS) is 33.9. The molecule has 2 heterocycles. The molecule has 3 aliphatic rings. The van der Waals surface area contributed by atoms with E-state index in [0.717, 1.165) is 25.8 Å². The Labute approximate surface area is 126 Å². The van der Waals surface area contributed by atoms with Gasteiger partial charge in [-0.3, -0.25) is 0 Å². The molecule has 5 nitrogen and oxygen atoms in total. The second kappa shape index (κ2) is 5.85. The molecule has 1 saturated carbocycles. The van der Waals surface area contributed by atoms with Crippen LogP contribution in [0.15, 0.2) is 0 Å². The SMILES string of the molecule is CC1CCN(C(=O)N2CCCC2C2CCCC2)C1C(=O)O. The Kier molecular flexibility index (Phi) is 4.09. The van der Waals surface area contributed by atoms with Gasteiger partial charge < -0.3 is 14.9 Å². The number of amides is 2. The van der Waals surface area contributed by atoms with E-state index in [1.54, 1.807) is 4.90 Å². The monoisotopic (exact) mass is 294 g/mol. The lowest BCUT2D eigenvalue weighted by atomic mass is 9.96. The molecule has 0 aromatic rings. The van der Waals surface area contributed by atoms with Gasteiger partial charge in [0, 0.05) is 19.1 Å². The first-order valence-corrected chi connectivity index (χ1v) is 8.39. The third-order valence-corrected chi connectivity index (χ3v) is 5.69. The van der Waals surface area contributed by atoms with Crippen molar-refractivity contribution in [3.63, 3.8) is 0 Å². The minimum Gasteiger partial charge on any atom is -0.480 e. The summed E-state index contributed by atoms with van der Waals surface area (Å²) in [7, 11) is 0. The van der Waals surface area contributed by atoms with E-state index in [9.17, 15) is 14.7 Å². The fraction of sp³-hybridized carbons (Fsp3) is 0.875. The van der Waals surface area contributed by atoms with Crippen LogP contribution >= 0.6 is 0 Å². The molecule has 118 valence electrons. The number of urea groups is 1. The maximum absolute atomic E-state index is 12.9. The van der Waals surface area contributed by atoms with Crippen LogP contribution in [-0.4, -0.2) is 52.1 Å². The molecule has 0 spiro atoms. The molecule has 0 radical (unpaired) electrons. The van der Waals surface area contributed by atoms with E-state index in [4.69, 9.17) is 0 Å². The third-order valence-electron chi connectivity index (χ3n) is 5.69. The van der Waals surface area contributed by atoms with Crippen molar-refractivity contribution in [3.8, 4) is 0 Å². The van der Waals surface area contributed by atoms with E-state index >= 15 is 0 Å². The maximum Gasteiger partial charge on any atom is 0.326 e. The Hall–Kier alpha value is -1.26. The number of nitrogens with zero attached hydrogens (tertiary/aromatic N) is 2. The van der Waals surface area contributed by atoms with E-state index in [2.05, 4.69) is 0 Å². The second-order valence-electron chi connectivity index (χ2n) is 6.97. The number of carbonyl (C=O) groups excluding carboxylic acids is 1. The van der Waals surface area contributed by atoms with Crippen molar-refractivity contribution in [1.29, 1.82) is 0 Å². The molecule has 2 aliphatic heterocycles. The average Bonchev–Trinajstić information content (AvgIpc) is 3.17. The highest BCUT2D eigenvalue weighted by atomic mass is 16.4. The van der Waals surface area contributed by atoms with Gasteiger partial charge in [-0.2, -0.15) is 0 Å². The molecule has 3 unspecified atom stereocenters. The third kappa shape index (κ3) is 2.62. The average molecular weight is 294 g/mol. The summed E-state index contributed by atoms with van der Waals surface area (Å²) in [5.74, 6) is -0.163. The van der Waals surface area contributed by atoms with Gasteiger partial charge in [0.15, 0.2) is 0 Å². The molecule has 5 heteroatoms. The summed E-state index contributed by atoms with van der Waals surface area (Å²) >= 11 is 0. The smallest absolute Gasteiger partial charge is 0.326 e. The van der Waals surface area contributed by atoms with Crippen LogP contribution in [0, 0.1) is 11.8 Å². The zero-order valence-electron chi connectivity index (χ0n) is 12.8. The number of hydrogen-bond acceptors (Lipinski definition) is 2. The van der Waals surface area contributed by atoms with E-state index in [-0.39, 0.29) is 11.9 Å². The lowest BCUT2D eigenvalue weighted by Gasteiger charge is -2.34. The van der Waals surface area contributed by atoms with Crippen LogP contribution in [0.1, 0.15) is 51.9 Å². The van der Waals surface area contributed by atoms with Gasteiger partial charge >= 0.3 is 12.0 Å². The van der Waals surface area contributed by atoms with E-state index in [1.165, 1.54) is 25.7 Å². The Balaban J connectivity index is 1.73. The number of carbonyl (C=O) groups is 2. The standard InChI is InChI=1S/C16H26N2O3/c1-11-8-10-18(14(11)15(19)20)16(21)17-9-4-7-13(17)12-5-2-3-6-12/h11-14H,2-10H2,1H3,(H,19,20). The summed E-state index contributed by atoms with van der Waals surface area (Å²) < 4.78 is 0. The van der Waals surface area contributed by atoms with Crippen LogP contribution in [-0.2, 0) is 4.79 Å². The Morgan fingerprint density at radius 3 is 2.33 bits per heavy atom. The summed E-state index contributed by atoms with van der Waals surface area (Å²) in [6.07, 6.45) is 7.97. The van der Waals surface area contributed by atoms with Crippen LogP contribution in [0.3, 0.4) is 0 Å². The fourth-order valence-electron chi connectivity index (χ4n) is 4.57. The molecular formula is C16H26N2O3. The van der Waals surface area contributed by atoms with Crippen molar-refractivity contribution in [3.05, 3.63) is 0 Å². The highest BCUT2D eigenvalue weighted by Crippen LogP contribution is 2.37. The topological polar surface area (TPSA) is 60.9 Å². The van der Waals surface area contributed by atoms with E-state index in [1.807, 2.05) is 11.8 Å². The molecule has 3 fully saturated rings. The number of aliphatic carboxylic acids is 1. The van der Waals surface area contributed by atoms with E-state index in [0.29, 0.717) is 18.5 Å². The van der Waals surface area contributed by atoms with E-state index < -0.39 is 12.0 Å². The second-order valence-corrected chi connectivity index (χ2v) is 6.97. The first-order chi connectivity index (χ1) is 10.1. The van der Waals surface area contributed by atoms with Crippen LogP contribution < -0.4 is 0 Å². The van der Waals surface area contributed by atoms with Gasteiger partial charge in [0.25, 0.3) is 0 Å². The number of rotatable bonds is 2. The Bertz CT molecular complexity index is 420. The number of likely N-dealkylation sites (tertiary alicyclic amines) is 2. The lowest BCUT2D eigenvalue weighted by Crippen LogP contribution is -2.51. The molecule has 1 N–H and O–H groups in total. The van der Waals surface area contributed by atoms with Crippen molar-refractivity contribution in [2.45, 2.75) is 64.0 Å². The summed E-state index contributed by atoms with van der Waals surface area (Å²) in [6.45, 7) is 3.33. The van der Waals surface area contributed by atoms with Crippen molar-refractivity contribution in [2.24, 2.45) is 11.8 Å².